The van der Waals surface area contributed by atoms with Crippen LogP contribution in [-0.4, -0.2) is 0 Å². The molecule has 0 nitrogen and oxygen atoms in total. The van der Waals surface area contributed by atoms with Crippen molar-refractivity contribution in [3.05, 3.63) is 106 Å². The molecule has 4 rings (SSSR count). The molecule has 1 unspecified atom stereocenters. The lowest BCUT2D eigenvalue weighted by atomic mass is 9.75. The topological polar surface area (TPSA) is 0 Å². The fourth-order valence-corrected chi connectivity index (χ4v) is 5.68. The zero-order valence-electron chi connectivity index (χ0n) is 21.6. The van der Waals surface area contributed by atoms with Crippen LogP contribution in [0, 0.1) is 17.7 Å². The normalized spacial score (nSPS) is 19.2. The average Bonchev–Trinajstić information content (AvgIpc) is 2.89. The van der Waals surface area contributed by atoms with Crippen LogP contribution in [0.4, 0.5) is 4.39 Å². The van der Waals surface area contributed by atoms with Gasteiger partial charge in [-0.15, -0.1) is 0 Å². The molecule has 3 aromatic carbocycles. The highest BCUT2D eigenvalue weighted by molar-refractivity contribution is 5.70. The van der Waals surface area contributed by atoms with E-state index in [1.807, 2.05) is 18.2 Å². The van der Waals surface area contributed by atoms with Crippen LogP contribution in [0.3, 0.4) is 0 Å². The van der Waals surface area contributed by atoms with Crippen molar-refractivity contribution in [2.45, 2.75) is 77.6 Å². The Labute approximate surface area is 212 Å². The van der Waals surface area contributed by atoms with Gasteiger partial charge in [0.15, 0.2) is 0 Å². The van der Waals surface area contributed by atoms with Crippen LogP contribution in [0.2, 0.25) is 0 Å². The maximum atomic E-state index is 14.7. The second kappa shape index (κ2) is 12.9. The molecule has 35 heavy (non-hydrogen) atoms. The summed E-state index contributed by atoms with van der Waals surface area (Å²) in [5.74, 6) is 2.18. The minimum atomic E-state index is -0.111. The zero-order valence-corrected chi connectivity index (χ0v) is 21.6. The summed E-state index contributed by atoms with van der Waals surface area (Å²) in [7, 11) is 0. The van der Waals surface area contributed by atoms with E-state index in [2.05, 4.69) is 74.5 Å². The molecule has 1 fully saturated rings. The molecule has 3 aromatic rings. The monoisotopic (exact) mass is 468 g/mol. The number of halogens is 1. The third kappa shape index (κ3) is 7.66. The Morgan fingerprint density at radius 3 is 2.17 bits per heavy atom. The smallest absolute Gasteiger partial charge is 0.130 e. The van der Waals surface area contributed by atoms with Gasteiger partial charge >= 0.3 is 0 Å². The van der Waals surface area contributed by atoms with E-state index >= 15 is 0 Å². The van der Waals surface area contributed by atoms with E-state index in [4.69, 9.17) is 0 Å². The molecule has 1 aliphatic rings. The first kappa shape index (κ1) is 25.4. The Kier molecular flexibility index (Phi) is 9.35. The van der Waals surface area contributed by atoms with E-state index in [9.17, 15) is 4.39 Å². The van der Waals surface area contributed by atoms with Gasteiger partial charge in [-0.05, 0) is 71.8 Å². The quantitative estimate of drug-likeness (QED) is 0.260. The third-order valence-corrected chi connectivity index (χ3v) is 7.90. The summed E-state index contributed by atoms with van der Waals surface area (Å²) in [4.78, 5) is 0. The lowest BCUT2D eigenvalue weighted by molar-refractivity contribution is 0.245. The molecule has 1 heteroatoms. The summed E-state index contributed by atoms with van der Waals surface area (Å²) >= 11 is 0. The largest absolute Gasteiger partial charge is 0.206 e. The summed E-state index contributed by atoms with van der Waals surface area (Å²) in [6, 6.07) is 25.3. The average molecular weight is 469 g/mol. The van der Waals surface area contributed by atoms with Crippen LogP contribution in [0.15, 0.2) is 72.8 Å². The fourth-order valence-electron chi connectivity index (χ4n) is 5.68. The van der Waals surface area contributed by atoms with Gasteiger partial charge < -0.3 is 0 Å². The van der Waals surface area contributed by atoms with Crippen molar-refractivity contribution in [1.29, 1.82) is 0 Å². The van der Waals surface area contributed by atoms with Gasteiger partial charge in [0, 0.05) is 5.56 Å². The summed E-state index contributed by atoms with van der Waals surface area (Å²) in [5, 5.41) is 0. The Bertz CT molecular complexity index is 1060. The van der Waals surface area contributed by atoms with Crippen LogP contribution in [0.1, 0.15) is 92.5 Å². The Hall–Kier alpha value is -2.67. The van der Waals surface area contributed by atoms with Crippen molar-refractivity contribution < 1.29 is 4.39 Å². The lowest BCUT2D eigenvalue weighted by Crippen LogP contribution is -2.17. The second-order valence-electron chi connectivity index (χ2n) is 10.7. The molecule has 0 spiro atoms. The number of benzene rings is 3. The molecule has 0 bridgehead atoms. The predicted molar refractivity (Wildman–Crippen MR) is 149 cm³/mol. The molecule has 0 saturated heterocycles. The maximum absolute atomic E-state index is 14.7. The van der Waals surface area contributed by atoms with Crippen LogP contribution in [-0.2, 0) is 12.8 Å². The summed E-state index contributed by atoms with van der Waals surface area (Å²) in [6.07, 6.45) is 15.0. The number of aryl methyl sites for hydroxylation is 2. The van der Waals surface area contributed by atoms with E-state index in [1.54, 1.807) is 6.07 Å². The molecule has 1 saturated carbocycles. The summed E-state index contributed by atoms with van der Waals surface area (Å²) in [5.41, 5.74) is 5.74. The highest BCUT2D eigenvalue weighted by Crippen LogP contribution is 2.37. The minimum Gasteiger partial charge on any atom is -0.206 e. The first-order valence-corrected chi connectivity index (χ1v) is 13.7. The van der Waals surface area contributed by atoms with E-state index in [0.717, 1.165) is 42.2 Å². The van der Waals surface area contributed by atoms with Gasteiger partial charge in [0.1, 0.15) is 5.82 Å². The highest BCUT2D eigenvalue weighted by Gasteiger charge is 2.23. The zero-order chi connectivity index (χ0) is 24.5. The van der Waals surface area contributed by atoms with Crippen LogP contribution < -0.4 is 0 Å². The van der Waals surface area contributed by atoms with Gasteiger partial charge in [0.2, 0.25) is 0 Å². The standard InChI is InChI=1S/C34H41F/c1-3-7-27-10-12-29(13-11-27)20-22-33-23-21-31(25-34(33)35)19-16-28-14-17-30(18-15-28)24-26(2)32-8-5-4-6-9-32/h4-6,8-13,20-23,25-26,28,30H,3,7,14-19,24H2,1-2H3/b22-20+. The van der Waals surface area contributed by atoms with Gasteiger partial charge in [-0.2, -0.15) is 0 Å². The Balaban J connectivity index is 1.22. The van der Waals surface area contributed by atoms with Gasteiger partial charge in [-0.25, -0.2) is 4.39 Å². The van der Waals surface area contributed by atoms with Crippen molar-refractivity contribution >= 4 is 12.2 Å². The van der Waals surface area contributed by atoms with Crippen LogP contribution >= 0.6 is 0 Å². The third-order valence-electron chi connectivity index (χ3n) is 7.90. The minimum absolute atomic E-state index is 0.111. The molecule has 0 N–H and O–H groups in total. The predicted octanol–water partition coefficient (Wildman–Crippen LogP) is 9.88. The molecule has 0 aromatic heterocycles. The van der Waals surface area contributed by atoms with Gasteiger partial charge in [0.05, 0.1) is 0 Å². The van der Waals surface area contributed by atoms with E-state index in [0.29, 0.717) is 11.5 Å². The Morgan fingerprint density at radius 1 is 0.800 bits per heavy atom. The van der Waals surface area contributed by atoms with Crippen molar-refractivity contribution in [3.63, 3.8) is 0 Å². The number of hydrogen-bond donors (Lipinski definition) is 0. The molecule has 0 amide bonds. The SMILES string of the molecule is CCCc1ccc(/C=C/c2ccc(CCC3CCC(CC(C)c4ccccc4)CC3)cc2F)cc1. The van der Waals surface area contributed by atoms with Crippen molar-refractivity contribution in [2.75, 3.05) is 0 Å². The molecule has 1 atom stereocenters. The first-order valence-electron chi connectivity index (χ1n) is 13.7. The van der Waals surface area contributed by atoms with Crippen molar-refractivity contribution in [2.24, 2.45) is 11.8 Å². The molecule has 0 radical (unpaired) electrons. The van der Waals surface area contributed by atoms with Crippen LogP contribution in [0.5, 0.6) is 0 Å². The second-order valence-corrected chi connectivity index (χ2v) is 10.7. The number of hydrogen-bond acceptors (Lipinski definition) is 0. The van der Waals surface area contributed by atoms with E-state index in [-0.39, 0.29) is 5.82 Å². The van der Waals surface area contributed by atoms with Crippen molar-refractivity contribution in [3.8, 4) is 0 Å². The van der Waals surface area contributed by atoms with Gasteiger partial charge in [-0.1, -0.05) is 125 Å². The molecular formula is C34H41F. The Morgan fingerprint density at radius 2 is 1.49 bits per heavy atom. The molecule has 1 aliphatic carbocycles. The molecule has 184 valence electrons. The first-order chi connectivity index (χ1) is 17.1. The van der Waals surface area contributed by atoms with Gasteiger partial charge in [-0.3, -0.25) is 0 Å². The highest BCUT2D eigenvalue weighted by atomic mass is 19.1. The van der Waals surface area contributed by atoms with E-state index in [1.165, 1.54) is 49.7 Å². The maximum Gasteiger partial charge on any atom is 0.130 e. The fraction of sp³-hybridized carbons (Fsp3) is 0.412. The van der Waals surface area contributed by atoms with Gasteiger partial charge in [0.25, 0.3) is 0 Å². The van der Waals surface area contributed by atoms with Crippen molar-refractivity contribution in [1.82, 2.24) is 0 Å². The van der Waals surface area contributed by atoms with E-state index < -0.39 is 0 Å². The molecule has 0 aliphatic heterocycles. The molecule has 0 heterocycles. The summed E-state index contributed by atoms with van der Waals surface area (Å²) < 4.78 is 14.7. The van der Waals surface area contributed by atoms with Crippen LogP contribution in [0.25, 0.3) is 12.2 Å². The lowest BCUT2D eigenvalue weighted by Gasteiger charge is -2.30. The molecular weight excluding hydrogens is 427 g/mol. The number of rotatable bonds is 10. The summed E-state index contributed by atoms with van der Waals surface area (Å²) in [6.45, 7) is 4.57.